The molecule has 0 aromatic heterocycles. The highest BCUT2D eigenvalue weighted by Gasteiger charge is 2.21. The summed E-state index contributed by atoms with van der Waals surface area (Å²) in [5, 5.41) is 0. The normalized spacial score (nSPS) is 15.7. The average Bonchev–Trinajstić information content (AvgIpc) is 2.74. The predicted molar refractivity (Wildman–Crippen MR) is 109 cm³/mol. The van der Waals surface area contributed by atoms with E-state index in [-0.39, 0.29) is 17.3 Å². The third-order valence-electron chi connectivity index (χ3n) is 4.03. The molecule has 0 fully saturated rings. The first-order chi connectivity index (χ1) is 13.6. The van der Waals surface area contributed by atoms with Crippen molar-refractivity contribution in [2.45, 2.75) is 0 Å². The molecule has 6 nitrogen and oxygen atoms in total. The number of ketones is 1. The Morgan fingerprint density at radius 1 is 0.786 bits per heavy atom. The second-order valence-corrected chi connectivity index (χ2v) is 5.84. The molecule has 0 aliphatic heterocycles. The summed E-state index contributed by atoms with van der Waals surface area (Å²) in [6, 6.07) is 7.52. The molecular formula is C22H20N2O4. The van der Waals surface area contributed by atoms with Crippen LogP contribution in [-0.4, -0.2) is 38.5 Å². The molecule has 0 N–H and O–H groups in total. The molecule has 2 aliphatic carbocycles. The Kier molecular flexibility index (Phi) is 6.01. The van der Waals surface area contributed by atoms with E-state index in [1.54, 1.807) is 25.5 Å². The number of allylic oxidation sites excluding steroid dienone is 7. The van der Waals surface area contributed by atoms with Gasteiger partial charge in [0.15, 0.2) is 11.5 Å². The molecule has 3 rings (SSSR count). The van der Waals surface area contributed by atoms with Crippen LogP contribution < -0.4 is 4.74 Å². The summed E-state index contributed by atoms with van der Waals surface area (Å²) >= 11 is 0. The maximum absolute atomic E-state index is 12.0. The Morgan fingerprint density at radius 3 is 1.89 bits per heavy atom. The Morgan fingerprint density at radius 2 is 1.36 bits per heavy atom. The summed E-state index contributed by atoms with van der Waals surface area (Å²) in [7, 11) is 4.52. The van der Waals surface area contributed by atoms with E-state index in [0.29, 0.717) is 5.57 Å². The summed E-state index contributed by atoms with van der Waals surface area (Å²) < 4.78 is 15.3. The molecule has 0 atom stereocenters. The first-order valence-corrected chi connectivity index (χ1v) is 8.56. The maximum Gasteiger partial charge on any atom is 0.261 e. The quantitative estimate of drug-likeness (QED) is 0.732. The number of carbonyl (C=O) groups is 1. The maximum atomic E-state index is 12.0. The highest BCUT2D eigenvalue weighted by Crippen LogP contribution is 2.21. The molecule has 1 aromatic rings. The highest BCUT2D eigenvalue weighted by atomic mass is 16.5. The molecule has 0 radical (unpaired) electrons. The van der Waals surface area contributed by atoms with Gasteiger partial charge in [-0.05, 0) is 60.7 Å². The van der Waals surface area contributed by atoms with E-state index in [1.165, 1.54) is 14.2 Å². The third kappa shape index (κ3) is 4.54. The minimum atomic E-state index is -0.286. The van der Waals surface area contributed by atoms with Crippen molar-refractivity contribution in [1.29, 1.82) is 0 Å². The van der Waals surface area contributed by atoms with Gasteiger partial charge in [0, 0.05) is 11.8 Å². The van der Waals surface area contributed by atoms with Crippen molar-refractivity contribution in [3.63, 3.8) is 0 Å². The fourth-order valence-corrected chi connectivity index (χ4v) is 2.54. The van der Waals surface area contributed by atoms with Gasteiger partial charge in [-0.25, -0.2) is 4.99 Å². The number of rotatable bonds is 5. The number of methoxy groups -OCH3 is 3. The van der Waals surface area contributed by atoms with Crippen LogP contribution in [-0.2, 0) is 14.3 Å². The topological polar surface area (TPSA) is 69.5 Å². The lowest BCUT2D eigenvalue weighted by Crippen LogP contribution is -2.13. The lowest BCUT2D eigenvalue weighted by Gasteiger charge is -2.13. The minimum Gasteiger partial charge on any atom is -0.497 e. The molecule has 0 saturated heterocycles. The van der Waals surface area contributed by atoms with Gasteiger partial charge in [-0.3, -0.25) is 9.79 Å². The Bertz CT molecular complexity index is 930. The summed E-state index contributed by atoms with van der Waals surface area (Å²) in [6.45, 7) is 0. The Labute approximate surface area is 163 Å². The lowest BCUT2D eigenvalue weighted by molar-refractivity contribution is -0.117. The van der Waals surface area contributed by atoms with Gasteiger partial charge in [-0.2, -0.15) is 0 Å². The van der Waals surface area contributed by atoms with E-state index in [0.717, 1.165) is 22.9 Å². The van der Waals surface area contributed by atoms with Gasteiger partial charge >= 0.3 is 0 Å². The van der Waals surface area contributed by atoms with E-state index < -0.39 is 0 Å². The van der Waals surface area contributed by atoms with Crippen molar-refractivity contribution in [3.05, 3.63) is 84.0 Å². The fraction of sp³-hybridized carbons (Fsp3) is 0.136. The van der Waals surface area contributed by atoms with E-state index >= 15 is 0 Å². The van der Waals surface area contributed by atoms with Crippen molar-refractivity contribution in [3.8, 4) is 5.75 Å². The van der Waals surface area contributed by atoms with E-state index in [4.69, 9.17) is 14.2 Å². The number of benzene rings is 1. The Balaban J connectivity index is 1.74. The smallest absolute Gasteiger partial charge is 0.261 e. The zero-order valence-electron chi connectivity index (χ0n) is 15.9. The van der Waals surface area contributed by atoms with E-state index in [9.17, 15) is 4.79 Å². The molecule has 2 aliphatic rings. The first-order valence-electron chi connectivity index (χ1n) is 8.56. The molecule has 28 heavy (non-hydrogen) atoms. The zero-order valence-corrected chi connectivity index (χ0v) is 15.9. The van der Waals surface area contributed by atoms with Crippen molar-refractivity contribution >= 4 is 22.9 Å². The fourth-order valence-electron chi connectivity index (χ4n) is 2.54. The van der Waals surface area contributed by atoms with Crippen LogP contribution in [0.3, 0.4) is 0 Å². The highest BCUT2D eigenvalue weighted by molar-refractivity contribution is 6.19. The molecule has 0 heterocycles. The van der Waals surface area contributed by atoms with Crippen molar-refractivity contribution in [2.24, 2.45) is 9.98 Å². The first kappa shape index (κ1) is 19.1. The number of hydrogen-bond donors (Lipinski definition) is 0. The van der Waals surface area contributed by atoms with E-state index in [1.807, 2.05) is 48.6 Å². The van der Waals surface area contributed by atoms with E-state index in [2.05, 4.69) is 9.98 Å². The van der Waals surface area contributed by atoms with Gasteiger partial charge in [0.2, 0.25) is 0 Å². The van der Waals surface area contributed by atoms with Gasteiger partial charge in [0.1, 0.15) is 5.75 Å². The second kappa shape index (κ2) is 8.81. The number of nitrogens with zero attached hydrogens (tertiary/aromatic N) is 2. The van der Waals surface area contributed by atoms with Crippen LogP contribution in [0, 0.1) is 0 Å². The number of aliphatic imine (C=N–C) groups is 2. The molecular weight excluding hydrogens is 356 g/mol. The number of hydrogen-bond acceptors (Lipinski definition) is 6. The van der Waals surface area contributed by atoms with Gasteiger partial charge < -0.3 is 14.2 Å². The van der Waals surface area contributed by atoms with Crippen LogP contribution in [0.2, 0.25) is 0 Å². The number of Topliss-reactive ketones (excluding diaryl/α,β-unsaturated/α-hetero) is 1. The molecule has 6 heteroatoms. The molecule has 0 bridgehead atoms. The van der Waals surface area contributed by atoms with Crippen LogP contribution in [0.5, 0.6) is 5.75 Å². The average molecular weight is 376 g/mol. The second-order valence-electron chi connectivity index (χ2n) is 5.84. The summed E-state index contributed by atoms with van der Waals surface area (Å²) in [6.07, 6.45) is 12.4. The predicted octanol–water partition coefficient (Wildman–Crippen LogP) is 3.86. The van der Waals surface area contributed by atoms with Gasteiger partial charge in [-0.1, -0.05) is 0 Å². The summed E-state index contributed by atoms with van der Waals surface area (Å²) in [5.41, 5.74) is 3.13. The molecule has 0 amide bonds. The van der Waals surface area contributed by atoms with Crippen LogP contribution >= 0.6 is 0 Å². The SMILES string of the molecule is COC1=CC(=CN=C2C=CC(=Nc3ccc(OC)cc3)C=C2)C=C(OC)C1=O. The number of carbonyl (C=O) groups excluding carboxylic acids is 1. The summed E-state index contributed by atoms with van der Waals surface area (Å²) in [4.78, 5) is 21.0. The molecule has 1 aromatic carbocycles. The Hall–Kier alpha value is -3.67. The van der Waals surface area contributed by atoms with Crippen molar-refractivity contribution < 1.29 is 19.0 Å². The third-order valence-corrected chi connectivity index (χ3v) is 4.03. The molecule has 0 unspecified atom stereocenters. The summed E-state index contributed by atoms with van der Waals surface area (Å²) in [5.74, 6) is 0.942. The monoisotopic (exact) mass is 376 g/mol. The van der Waals surface area contributed by atoms with Gasteiger partial charge in [0.25, 0.3) is 5.78 Å². The van der Waals surface area contributed by atoms with Crippen LogP contribution in [0.4, 0.5) is 5.69 Å². The van der Waals surface area contributed by atoms with Crippen molar-refractivity contribution in [2.75, 3.05) is 21.3 Å². The van der Waals surface area contributed by atoms with Gasteiger partial charge in [0.05, 0.1) is 38.4 Å². The van der Waals surface area contributed by atoms with Crippen molar-refractivity contribution in [1.82, 2.24) is 0 Å². The lowest BCUT2D eigenvalue weighted by atomic mass is 10.1. The van der Waals surface area contributed by atoms with Crippen LogP contribution in [0.25, 0.3) is 0 Å². The largest absolute Gasteiger partial charge is 0.497 e. The molecule has 0 saturated carbocycles. The van der Waals surface area contributed by atoms with Crippen LogP contribution in [0.15, 0.2) is 94.0 Å². The van der Waals surface area contributed by atoms with Crippen LogP contribution in [0.1, 0.15) is 0 Å². The molecule has 142 valence electrons. The van der Waals surface area contributed by atoms with Gasteiger partial charge in [-0.15, -0.1) is 0 Å². The number of ether oxygens (including phenoxy) is 3. The standard InChI is InChI=1S/C22H20N2O4/c1-26-19-10-8-18(9-11-19)24-17-6-4-16(5-7-17)23-14-15-12-20(27-2)22(25)21(13-15)28-3/h4-14H,1-3H3. The molecule has 0 spiro atoms. The zero-order chi connectivity index (χ0) is 19.9. The minimum absolute atomic E-state index is 0.217.